The molecule has 1 aromatic carbocycles. The molecule has 0 aliphatic heterocycles. The summed E-state index contributed by atoms with van der Waals surface area (Å²) in [7, 11) is 0. The number of nitro groups is 1. The largest absolute Gasteiger partial charge is 0.259 e. The molecule has 0 saturated heterocycles. The van der Waals surface area contributed by atoms with E-state index in [0.717, 1.165) is 21.6 Å². The van der Waals surface area contributed by atoms with Gasteiger partial charge in [-0.1, -0.05) is 33.6 Å². The molecular formula is C11H6BrClN2O2. The van der Waals surface area contributed by atoms with E-state index in [1.807, 2.05) is 18.2 Å². The lowest BCUT2D eigenvalue weighted by atomic mass is 10.1. The Kier molecular flexibility index (Phi) is 3.40. The van der Waals surface area contributed by atoms with Crippen LogP contribution < -0.4 is 0 Å². The molecule has 0 unspecified atom stereocenters. The first-order valence-corrected chi connectivity index (χ1v) is 5.81. The molecule has 0 amide bonds. The molecule has 0 N–H and O–H groups in total. The van der Waals surface area contributed by atoms with Gasteiger partial charge in [-0.15, -0.1) is 0 Å². The van der Waals surface area contributed by atoms with Crippen LogP contribution in [0.3, 0.4) is 0 Å². The van der Waals surface area contributed by atoms with Gasteiger partial charge in [0.2, 0.25) is 6.20 Å². The third-order valence-electron chi connectivity index (χ3n) is 2.14. The van der Waals surface area contributed by atoms with Gasteiger partial charge in [-0.25, -0.2) is 4.98 Å². The number of fused-ring (bicyclic) bond motifs is 1. The monoisotopic (exact) mass is 312 g/mol. The third-order valence-corrected chi connectivity index (χ3v) is 2.93. The lowest BCUT2D eigenvalue weighted by molar-refractivity contribution is -0.400. The zero-order valence-electron chi connectivity index (χ0n) is 8.43. The molecule has 0 bridgehead atoms. The Labute approximate surface area is 110 Å². The molecule has 4 nitrogen and oxygen atoms in total. The highest BCUT2D eigenvalue weighted by molar-refractivity contribution is 9.10. The van der Waals surface area contributed by atoms with Crippen molar-refractivity contribution in [1.82, 2.24) is 4.98 Å². The van der Waals surface area contributed by atoms with Crippen molar-refractivity contribution in [2.75, 3.05) is 0 Å². The summed E-state index contributed by atoms with van der Waals surface area (Å²) in [5.74, 6) is 0. The van der Waals surface area contributed by atoms with Gasteiger partial charge < -0.3 is 0 Å². The Morgan fingerprint density at radius 3 is 2.88 bits per heavy atom. The molecule has 0 aliphatic rings. The fourth-order valence-electron chi connectivity index (χ4n) is 1.39. The topological polar surface area (TPSA) is 56.0 Å². The van der Waals surface area contributed by atoms with Crippen LogP contribution in [0.25, 0.3) is 17.0 Å². The van der Waals surface area contributed by atoms with Gasteiger partial charge in [0.25, 0.3) is 0 Å². The number of nitrogens with zero attached hydrogens (tertiary/aromatic N) is 2. The van der Waals surface area contributed by atoms with Gasteiger partial charge in [0.05, 0.1) is 10.4 Å². The summed E-state index contributed by atoms with van der Waals surface area (Å²) in [4.78, 5) is 13.9. The average molecular weight is 314 g/mol. The van der Waals surface area contributed by atoms with E-state index in [4.69, 9.17) is 11.6 Å². The summed E-state index contributed by atoms with van der Waals surface area (Å²) in [5, 5.41) is 11.4. The van der Waals surface area contributed by atoms with E-state index in [2.05, 4.69) is 20.9 Å². The van der Waals surface area contributed by atoms with Gasteiger partial charge in [0.15, 0.2) is 0 Å². The van der Waals surface area contributed by atoms with Crippen LogP contribution in [-0.4, -0.2) is 9.91 Å². The van der Waals surface area contributed by atoms with Crippen molar-refractivity contribution < 1.29 is 4.92 Å². The van der Waals surface area contributed by atoms with Crippen molar-refractivity contribution in [1.29, 1.82) is 0 Å². The van der Waals surface area contributed by atoms with Crippen molar-refractivity contribution >= 4 is 44.5 Å². The first kappa shape index (κ1) is 12.0. The molecule has 86 valence electrons. The van der Waals surface area contributed by atoms with Crippen LogP contribution in [0.1, 0.15) is 5.56 Å². The zero-order valence-corrected chi connectivity index (χ0v) is 10.8. The zero-order chi connectivity index (χ0) is 12.4. The van der Waals surface area contributed by atoms with Gasteiger partial charge in [0.1, 0.15) is 5.15 Å². The SMILES string of the molecule is O=[N+]([O-])/C=C/c1cc2ccc(Br)cc2nc1Cl. The molecule has 0 radical (unpaired) electrons. The molecular weight excluding hydrogens is 307 g/mol. The minimum absolute atomic E-state index is 0.244. The minimum atomic E-state index is -0.540. The Hall–Kier alpha value is -1.46. The maximum atomic E-state index is 10.2. The Morgan fingerprint density at radius 1 is 1.41 bits per heavy atom. The van der Waals surface area contributed by atoms with Crippen molar-refractivity contribution in [3.05, 3.63) is 55.8 Å². The highest BCUT2D eigenvalue weighted by atomic mass is 79.9. The Bertz CT molecular complexity index is 628. The van der Waals surface area contributed by atoms with Crippen LogP contribution in [0.15, 0.2) is 34.9 Å². The van der Waals surface area contributed by atoms with Crippen LogP contribution >= 0.6 is 27.5 Å². The van der Waals surface area contributed by atoms with Crippen LogP contribution in [-0.2, 0) is 0 Å². The molecule has 2 rings (SSSR count). The number of hydrogen-bond donors (Lipinski definition) is 0. The predicted molar refractivity (Wildman–Crippen MR) is 70.5 cm³/mol. The quantitative estimate of drug-likeness (QED) is 0.480. The van der Waals surface area contributed by atoms with E-state index in [-0.39, 0.29) is 5.15 Å². The molecule has 6 heteroatoms. The molecule has 0 saturated carbocycles. The van der Waals surface area contributed by atoms with Gasteiger partial charge in [0, 0.05) is 21.5 Å². The summed E-state index contributed by atoms with van der Waals surface area (Å²) in [5.41, 5.74) is 1.26. The van der Waals surface area contributed by atoms with E-state index in [1.54, 1.807) is 6.07 Å². The first-order valence-electron chi connectivity index (χ1n) is 4.64. The van der Waals surface area contributed by atoms with E-state index in [1.165, 1.54) is 6.08 Å². The molecule has 2 aromatic rings. The second kappa shape index (κ2) is 4.81. The van der Waals surface area contributed by atoms with E-state index >= 15 is 0 Å². The maximum absolute atomic E-state index is 10.2. The van der Waals surface area contributed by atoms with Crippen molar-refractivity contribution in [2.24, 2.45) is 0 Å². The van der Waals surface area contributed by atoms with Gasteiger partial charge in [-0.05, 0) is 18.2 Å². The van der Waals surface area contributed by atoms with E-state index < -0.39 is 4.92 Å². The first-order chi connectivity index (χ1) is 8.06. The van der Waals surface area contributed by atoms with Gasteiger partial charge in [-0.3, -0.25) is 10.1 Å². The van der Waals surface area contributed by atoms with Crippen LogP contribution in [0.5, 0.6) is 0 Å². The maximum Gasteiger partial charge on any atom is 0.235 e. The Morgan fingerprint density at radius 2 is 2.18 bits per heavy atom. The highest BCUT2D eigenvalue weighted by Crippen LogP contribution is 2.24. The summed E-state index contributed by atoms with van der Waals surface area (Å²) in [6.07, 6.45) is 2.17. The van der Waals surface area contributed by atoms with Crippen molar-refractivity contribution in [3.8, 4) is 0 Å². The van der Waals surface area contributed by atoms with Crippen molar-refractivity contribution in [2.45, 2.75) is 0 Å². The fraction of sp³-hybridized carbons (Fsp3) is 0. The lowest BCUT2D eigenvalue weighted by Crippen LogP contribution is -1.87. The summed E-state index contributed by atoms with van der Waals surface area (Å²) in [6, 6.07) is 7.34. The summed E-state index contributed by atoms with van der Waals surface area (Å²) in [6.45, 7) is 0. The Balaban J connectivity index is 2.55. The number of benzene rings is 1. The number of pyridine rings is 1. The number of rotatable bonds is 2. The smallest absolute Gasteiger partial charge is 0.235 e. The molecule has 1 heterocycles. The predicted octanol–water partition coefficient (Wildman–Crippen LogP) is 3.90. The normalized spacial score (nSPS) is 11.2. The average Bonchev–Trinajstić information content (AvgIpc) is 2.26. The number of halogens is 2. The fourth-order valence-corrected chi connectivity index (χ4v) is 1.95. The summed E-state index contributed by atoms with van der Waals surface area (Å²) < 4.78 is 0.905. The number of hydrogen-bond acceptors (Lipinski definition) is 3. The van der Waals surface area contributed by atoms with E-state index in [9.17, 15) is 10.1 Å². The van der Waals surface area contributed by atoms with Gasteiger partial charge >= 0.3 is 0 Å². The second-order valence-electron chi connectivity index (χ2n) is 3.31. The number of aromatic nitrogens is 1. The molecule has 0 spiro atoms. The third kappa shape index (κ3) is 2.81. The van der Waals surface area contributed by atoms with Crippen LogP contribution in [0, 0.1) is 10.1 Å². The lowest BCUT2D eigenvalue weighted by Gasteiger charge is -2.01. The molecule has 17 heavy (non-hydrogen) atoms. The van der Waals surface area contributed by atoms with Gasteiger partial charge in [-0.2, -0.15) is 0 Å². The standard InChI is InChI=1S/C11H6BrClN2O2/c12-9-2-1-7-5-8(3-4-15(16)17)11(13)14-10(7)6-9/h1-6H/b4-3+. The van der Waals surface area contributed by atoms with Crippen LogP contribution in [0.4, 0.5) is 0 Å². The molecule has 1 aromatic heterocycles. The minimum Gasteiger partial charge on any atom is -0.259 e. The second-order valence-corrected chi connectivity index (χ2v) is 4.58. The molecule has 0 fully saturated rings. The van der Waals surface area contributed by atoms with E-state index in [0.29, 0.717) is 5.56 Å². The molecule has 0 aliphatic carbocycles. The highest BCUT2D eigenvalue weighted by Gasteiger charge is 2.04. The molecule has 0 atom stereocenters. The van der Waals surface area contributed by atoms with Crippen LogP contribution in [0.2, 0.25) is 5.15 Å². The summed E-state index contributed by atoms with van der Waals surface area (Å²) >= 11 is 9.28. The van der Waals surface area contributed by atoms with Crippen molar-refractivity contribution in [3.63, 3.8) is 0 Å².